The Morgan fingerprint density at radius 1 is 1.56 bits per heavy atom. The van der Waals surface area contributed by atoms with E-state index in [2.05, 4.69) is 0 Å². The van der Waals surface area contributed by atoms with Crippen molar-refractivity contribution < 1.29 is 9.18 Å². The smallest absolute Gasteiger partial charge is 0.224 e. The normalized spacial score (nSPS) is 20.6. The van der Waals surface area contributed by atoms with E-state index in [1.807, 2.05) is 0 Å². The first kappa shape index (κ1) is 11.4. The van der Waals surface area contributed by atoms with Crippen LogP contribution in [-0.4, -0.2) is 23.4 Å². The lowest BCUT2D eigenvalue weighted by Crippen LogP contribution is -2.28. The van der Waals surface area contributed by atoms with Gasteiger partial charge in [-0.1, -0.05) is 23.7 Å². The van der Waals surface area contributed by atoms with Crippen molar-refractivity contribution in [3.05, 3.63) is 34.6 Å². The molecule has 1 atom stereocenters. The molecular weight excluding hydrogens is 231 g/mol. The van der Waals surface area contributed by atoms with Crippen LogP contribution in [0.2, 0.25) is 5.02 Å². The first-order valence-corrected chi connectivity index (χ1v) is 5.42. The highest BCUT2D eigenvalue weighted by Crippen LogP contribution is 2.21. The SMILES string of the molecule is NC1CC(=O)N(Cc2cccc(Cl)c2F)C1. The first-order valence-electron chi connectivity index (χ1n) is 5.04. The Morgan fingerprint density at radius 3 is 2.94 bits per heavy atom. The number of benzene rings is 1. The molecule has 16 heavy (non-hydrogen) atoms. The van der Waals surface area contributed by atoms with Crippen molar-refractivity contribution >= 4 is 17.5 Å². The Bertz CT molecular complexity index is 424. The summed E-state index contributed by atoms with van der Waals surface area (Å²) in [5.74, 6) is -0.496. The lowest BCUT2D eigenvalue weighted by molar-refractivity contribution is -0.128. The van der Waals surface area contributed by atoms with Crippen LogP contribution in [0.1, 0.15) is 12.0 Å². The number of rotatable bonds is 2. The molecule has 1 aliphatic heterocycles. The molecule has 1 aromatic carbocycles. The molecule has 2 rings (SSSR count). The lowest BCUT2D eigenvalue weighted by Gasteiger charge is -2.16. The van der Waals surface area contributed by atoms with Crippen LogP contribution in [0.15, 0.2) is 18.2 Å². The maximum Gasteiger partial charge on any atom is 0.224 e. The Balaban J connectivity index is 2.15. The van der Waals surface area contributed by atoms with Gasteiger partial charge in [0, 0.05) is 31.1 Å². The average Bonchev–Trinajstić information content (AvgIpc) is 2.53. The second kappa shape index (κ2) is 4.39. The van der Waals surface area contributed by atoms with Gasteiger partial charge in [0.1, 0.15) is 5.82 Å². The highest BCUT2D eigenvalue weighted by atomic mass is 35.5. The van der Waals surface area contributed by atoms with Crippen molar-refractivity contribution in [1.82, 2.24) is 4.90 Å². The molecule has 1 saturated heterocycles. The average molecular weight is 243 g/mol. The van der Waals surface area contributed by atoms with Gasteiger partial charge in [0.05, 0.1) is 5.02 Å². The van der Waals surface area contributed by atoms with Crippen LogP contribution < -0.4 is 5.73 Å². The zero-order chi connectivity index (χ0) is 11.7. The van der Waals surface area contributed by atoms with Gasteiger partial charge in [-0.05, 0) is 6.07 Å². The molecule has 1 amide bonds. The molecule has 0 aliphatic carbocycles. The van der Waals surface area contributed by atoms with Crippen LogP contribution in [-0.2, 0) is 11.3 Å². The summed E-state index contributed by atoms with van der Waals surface area (Å²) in [6, 6.07) is 4.63. The number of amides is 1. The maximum atomic E-state index is 13.6. The van der Waals surface area contributed by atoms with E-state index >= 15 is 0 Å². The molecule has 5 heteroatoms. The Kier molecular flexibility index (Phi) is 3.12. The molecule has 1 aromatic rings. The molecule has 2 N–H and O–H groups in total. The van der Waals surface area contributed by atoms with Crippen LogP contribution in [0.5, 0.6) is 0 Å². The van der Waals surface area contributed by atoms with Gasteiger partial charge in [0.15, 0.2) is 0 Å². The summed E-state index contributed by atoms with van der Waals surface area (Å²) in [5.41, 5.74) is 6.08. The summed E-state index contributed by atoms with van der Waals surface area (Å²) in [7, 11) is 0. The summed E-state index contributed by atoms with van der Waals surface area (Å²) >= 11 is 5.66. The minimum atomic E-state index is -0.461. The lowest BCUT2D eigenvalue weighted by atomic mass is 10.2. The summed E-state index contributed by atoms with van der Waals surface area (Å²) in [6.45, 7) is 0.712. The maximum absolute atomic E-state index is 13.6. The standard InChI is InChI=1S/C11H12ClFN2O/c12-9-3-1-2-7(11(9)13)5-15-6-8(14)4-10(15)16/h1-3,8H,4-6,14H2. The third-order valence-corrected chi connectivity index (χ3v) is 2.93. The number of likely N-dealkylation sites (tertiary alicyclic amines) is 1. The van der Waals surface area contributed by atoms with Crippen molar-refractivity contribution in [2.45, 2.75) is 19.0 Å². The van der Waals surface area contributed by atoms with E-state index in [1.54, 1.807) is 17.0 Å². The molecule has 3 nitrogen and oxygen atoms in total. The molecule has 1 fully saturated rings. The van der Waals surface area contributed by atoms with E-state index < -0.39 is 5.82 Å². The van der Waals surface area contributed by atoms with Crippen molar-refractivity contribution in [2.24, 2.45) is 5.73 Å². The van der Waals surface area contributed by atoms with Crippen LogP contribution in [0, 0.1) is 5.82 Å². The van der Waals surface area contributed by atoms with Crippen molar-refractivity contribution in [1.29, 1.82) is 0 Å². The number of carbonyl (C=O) groups excluding carboxylic acids is 1. The molecule has 0 bridgehead atoms. The van der Waals surface area contributed by atoms with Gasteiger partial charge in [-0.25, -0.2) is 4.39 Å². The third-order valence-electron chi connectivity index (χ3n) is 2.64. The molecule has 0 spiro atoms. The molecule has 1 aliphatic rings. The van der Waals surface area contributed by atoms with Gasteiger partial charge >= 0.3 is 0 Å². The molecule has 0 saturated carbocycles. The topological polar surface area (TPSA) is 46.3 Å². The van der Waals surface area contributed by atoms with Gasteiger partial charge in [0.2, 0.25) is 5.91 Å². The van der Waals surface area contributed by atoms with Crippen LogP contribution in [0.25, 0.3) is 0 Å². The predicted molar refractivity (Wildman–Crippen MR) is 59.4 cm³/mol. The summed E-state index contributed by atoms with van der Waals surface area (Å²) in [6.07, 6.45) is 0.336. The number of hydrogen-bond acceptors (Lipinski definition) is 2. The summed E-state index contributed by atoms with van der Waals surface area (Å²) in [4.78, 5) is 13.0. The minimum absolute atomic E-state index is 0.0353. The molecule has 86 valence electrons. The van der Waals surface area contributed by atoms with Gasteiger partial charge in [0.25, 0.3) is 0 Å². The number of carbonyl (C=O) groups is 1. The second-order valence-electron chi connectivity index (χ2n) is 3.95. The monoisotopic (exact) mass is 242 g/mol. The predicted octanol–water partition coefficient (Wildman–Crippen LogP) is 1.54. The fourth-order valence-corrected chi connectivity index (χ4v) is 2.03. The first-order chi connectivity index (χ1) is 7.58. The number of nitrogens with zero attached hydrogens (tertiary/aromatic N) is 1. The fourth-order valence-electron chi connectivity index (χ4n) is 1.83. The Hall–Kier alpha value is -1.13. The number of nitrogens with two attached hydrogens (primary N) is 1. The van der Waals surface area contributed by atoms with Crippen LogP contribution in [0.3, 0.4) is 0 Å². The number of halogens is 2. The van der Waals surface area contributed by atoms with Gasteiger partial charge < -0.3 is 10.6 Å². The van der Waals surface area contributed by atoms with Crippen molar-refractivity contribution in [2.75, 3.05) is 6.54 Å². The Morgan fingerprint density at radius 2 is 2.31 bits per heavy atom. The van der Waals surface area contributed by atoms with Gasteiger partial charge in [-0.2, -0.15) is 0 Å². The quantitative estimate of drug-likeness (QED) is 0.855. The van der Waals surface area contributed by atoms with Crippen molar-refractivity contribution in [3.8, 4) is 0 Å². The molecule has 1 unspecified atom stereocenters. The van der Waals surface area contributed by atoms with E-state index in [1.165, 1.54) is 6.07 Å². The highest BCUT2D eigenvalue weighted by Gasteiger charge is 2.27. The third kappa shape index (κ3) is 2.18. The van der Waals surface area contributed by atoms with Crippen molar-refractivity contribution in [3.63, 3.8) is 0 Å². The molecular formula is C11H12ClFN2O. The van der Waals surface area contributed by atoms with Gasteiger partial charge in [-0.3, -0.25) is 4.79 Å². The fraction of sp³-hybridized carbons (Fsp3) is 0.364. The highest BCUT2D eigenvalue weighted by molar-refractivity contribution is 6.30. The summed E-state index contributed by atoms with van der Waals surface area (Å²) in [5, 5.41) is 0.0773. The van der Waals surface area contributed by atoms with E-state index in [0.29, 0.717) is 18.5 Å². The Labute approximate surface area is 98.0 Å². The van der Waals surface area contributed by atoms with E-state index in [9.17, 15) is 9.18 Å². The van der Waals surface area contributed by atoms with E-state index in [4.69, 9.17) is 17.3 Å². The number of hydrogen-bond donors (Lipinski definition) is 1. The van der Waals surface area contributed by atoms with E-state index in [0.717, 1.165) is 0 Å². The minimum Gasteiger partial charge on any atom is -0.337 e. The van der Waals surface area contributed by atoms with Crippen LogP contribution in [0.4, 0.5) is 4.39 Å². The van der Waals surface area contributed by atoms with Crippen LogP contribution >= 0.6 is 11.6 Å². The van der Waals surface area contributed by atoms with Gasteiger partial charge in [-0.15, -0.1) is 0 Å². The second-order valence-corrected chi connectivity index (χ2v) is 4.36. The molecule has 0 radical (unpaired) electrons. The largest absolute Gasteiger partial charge is 0.337 e. The van der Waals surface area contributed by atoms with E-state index in [-0.39, 0.29) is 23.5 Å². The molecule has 0 aromatic heterocycles. The summed E-state index contributed by atoms with van der Waals surface area (Å²) < 4.78 is 13.6. The molecule has 1 heterocycles. The zero-order valence-electron chi connectivity index (χ0n) is 8.62. The zero-order valence-corrected chi connectivity index (χ0v) is 9.38.